The van der Waals surface area contributed by atoms with E-state index < -0.39 is 34.0 Å². The van der Waals surface area contributed by atoms with Crippen LogP contribution in [0.25, 0.3) is 0 Å². The Kier molecular flexibility index (Phi) is 5.29. The topological polar surface area (TPSA) is 80.8 Å². The molecule has 0 radical (unpaired) electrons. The van der Waals surface area contributed by atoms with E-state index in [0.29, 0.717) is 24.0 Å². The molecule has 24 heavy (non-hydrogen) atoms. The van der Waals surface area contributed by atoms with Crippen LogP contribution in [0.2, 0.25) is 0 Å². The zero-order valence-corrected chi connectivity index (χ0v) is 13.2. The number of alkyl halides is 3. The van der Waals surface area contributed by atoms with Crippen LogP contribution < -0.4 is 0 Å². The Bertz CT molecular complexity index is 710. The molecule has 2 rings (SSSR count). The first-order chi connectivity index (χ1) is 11.1. The van der Waals surface area contributed by atoms with Crippen molar-refractivity contribution in [2.75, 3.05) is 13.2 Å². The fourth-order valence-electron chi connectivity index (χ4n) is 2.23. The first-order valence-corrected chi connectivity index (χ1v) is 8.47. The first-order valence-electron chi connectivity index (χ1n) is 7.06. The average molecular weight is 365 g/mol. The van der Waals surface area contributed by atoms with Crippen LogP contribution in [0.4, 0.5) is 13.2 Å². The highest BCUT2D eigenvalue weighted by molar-refractivity contribution is 7.87. The van der Waals surface area contributed by atoms with Gasteiger partial charge in [-0.15, -0.1) is 0 Å². The van der Waals surface area contributed by atoms with Gasteiger partial charge in [0.25, 0.3) is 11.8 Å². The monoisotopic (exact) mass is 365 g/mol. The van der Waals surface area contributed by atoms with Crippen molar-refractivity contribution in [2.45, 2.75) is 24.8 Å². The Balaban J connectivity index is 1.75. The highest BCUT2D eigenvalue weighted by Crippen LogP contribution is 2.25. The summed E-state index contributed by atoms with van der Waals surface area (Å²) >= 11 is 0. The molecule has 0 saturated carbocycles. The van der Waals surface area contributed by atoms with E-state index in [1.807, 2.05) is 0 Å². The van der Waals surface area contributed by atoms with Gasteiger partial charge in [0.15, 0.2) is 0 Å². The van der Waals surface area contributed by atoms with Gasteiger partial charge < -0.3 is 0 Å². The van der Waals surface area contributed by atoms with Gasteiger partial charge in [0, 0.05) is 6.54 Å². The van der Waals surface area contributed by atoms with Crippen molar-refractivity contribution in [2.24, 2.45) is 0 Å². The molecule has 0 bridgehead atoms. The maximum Gasteiger partial charge on any atom is 0.523 e. The lowest BCUT2D eigenvalue weighted by Crippen LogP contribution is -2.30. The Labute approximate surface area is 136 Å². The average Bonchev–Trinajstić information content (AvgIpc) is 2.74. The number of nitrogens with zero attached hydrogens (tertiary/aromatic N) is 1. The minimum atomic E-state index is -5.57. The molecule has 0 fully saturated rings. The number of benzene rings is 1. The van der Waals surface area contributed by atoms with Crippen molar-refractivity contribution >= 4 is 21.9 Å². The predicted molar refractivity (Wildman–Crippen MR) is 76.6 cm³/mol. The molecule has 1 heterocycles. The van der Waals surface area contributed by atoms with Crippen molar-refractivity contribution in [3.63, 3.8) is 0 Å². The van der Waals surface area contributed by atoms with Crippen molar-refractivity contribution in [1.29, 1.82) is 0 Å². The summed E-state index contributed by atoms with van der Waals surface area (Å²) in [6.45, 7) is -0.498. The van der Waals surface area contributed by atoms with Gasteiger partial charge in [-0.25, -0.2) is 0 Å². The van der Waals surface area contributed by atoms with Crippen LogP contribution in [0, 0.1) is 0 Å². The van der Waals surface area contributed by atoms with E-state index in [1.165, 1.54) is 0 Å². The zero-order valence-electron chi connectivity index (χ0n) is 12.4. The Morgan fingerprint density at radius 1 is 0.958 bits per heavy atom. The van der Waals surface area contributed by atoms with E-state index in [0.717, 1.165) is 4.90 Å². The van der Waals surface area contributed by atoms with Gasteiger partial charge in [-0.1, -0.05) is 12.1 Å². The molecule has 0 N–H and O–H groups in total. The molecule has 0 aliphatic carbocycles. The lowest BCUT2D eigenvalue weighted by Gasteiger charge is -2.13. The first kappa shape index (κ1) is 18.4. The smallest absolute Gasteiger partial charge is 0.274 e. The molecule has 1 aromatic rings. The third kappa shape index (κ3) is 3.75. The molecular weight excluding hydrogens is 351 g/mol. The molecule has 0 spiro atoms. The van der Waals surface area contributed by atoms with E-state index >= 15 is 0 Å². The molecule has 1 aliphatic rings. The van der Waals surface area contributed by atoms with Gasteiger partial charge >= 0.3 is 15.6 Å². The third-order valence-corrected chi connectivity index (χ3v) is 4.47. The molecular formula is C14H14F3NO5S. The van der Waals surface area contributed by atoms with E-state index in [-0.39, 0.29) is 13.0 Å². The van der Waals surface area contributed by atoms with Crippen LogP contribution in [0.15, 0.2) is 24.3 Å². The van der Waals surface area contributed by atoms with E-state index in [4.69, 9.17) is 0 Å². The highest BCUT2D eigenvalue weighted by Gasteiger charge is 2.47. The molecule has 132 valence electrons. The number of halogens is 3. The fraction of sp³-hybridized carbons (Fsp3) is 0.429. The Morgan fingerprint density at radius 2 is 1.50 bits per heavy atom. The second-order valence-electron chi connectivity index (χ2n) is 5.09. The zero-order chi connectivity index (χ0) is 18.0. The van der Waals surface area contributed by atoms with Crippen LogP contribution in [0.3, 0.4) is 0 Å². The number of hydrogen-bond acceptors (Lipinski definition) is 5. The summed E-state index contributed by atoms with van der Waals surface area (Å²) in [4.78, 5) is 25.2. The Hall–Kier alpha value is -1.94. The van der Waals surface area contributed by atoms with Gasteiger partial charge in [-0.05, 0) is 31.4 Å². The molecule has 0 aromatic heterocycles. The van der Waals surface area contributed by atoms with Crippen molar-refractivity contribution in [1.82, 2.24) is 4.90 Å². The van der Waals surface area contributed by atoms with Gasteiger partial charge in [-0.2, -0.15) is 21.6 Å². The van der Waals surface area contributed by atoms with E-state index in [1.54, 1.807) is 24.3 Å². The van der Waals surface area contributed by atoms with Crippen LogP contribution in [0.5, 0.6) is 0 Å². The number of amides is 2. The van der Waals surface area contributed by atoms with Gasteiger partial charge in [0.2, 0.25) is 0 Å². The minimum absolute atomic E-state index is 0.0540. The van der Waals surface area contributed by atoms with Gasteiger partial charge in [-0.3, -0.25) is 18.7 Å². The van der Waals surface area contributed by atoms with E-state index in [2.05, 4.69) is 4.18 Å². The fourth-order valence-corrected chi connectivity index (χ4v) is 2.70. The number of hydrogen-bond donors (Lipinski definition) is 0. The molecule has 2 amide bonds. The number of rotatable bonds is 7. The van der Waals surface area contributed by atoms with Crippen LogP contribution in [-0.2, 0) is 14.3 Å². The largest absolute Gasteiger partial charge is 0.523 e. The molecule has 0 atom stereocenters. The standard InChI is InChI=1S/C14H14F3NO5S/c15-14(16,17)24(21,22)23-9-5-1-4-8-18-12(19)10-6-2-3-7-11(10)13(18)20/h2-3,6-7H,1,4-5,8-9H2. The quantitative estimate of drug-likeness (QED) is 0.321. The summed E-state index contributed by atoms with van der Waals surface area (Å²) in [5.74, 6) is -0.821. The maximum atomic E-state index is 12.0. The van der Waals surface area contributed by atoms with Crippen molar-refractivity contribution in [3.8, 4) is 0 Å². The minimum Gasteiger partial charge on any atom is -0.274 e. The summed E-state index contributed by atoms with van der Waals surface area (Å²) < 4.78 is 61.3. The van der Waals surface area contributed by atoms with Crippen molar-refractivity contribution < 1.29 is 35.4 Å². The summed E-state index contributed by atoms with van der Waals surface area (Å²) in [6.07, 6.45) is 0.695. The molecule has 1 aromatic carbocycles. The van der Waals surface area contributed by atoms with Crippen LogP contribution in [-0.4, -0.2) is 43.8 Å². The predicted octanol–water partition coefficient (Wildman–Crippen LogP) is 2.32. The SMILES string of the molecule is O=C1c2ccccc2C(=O)N1CCCCCOS(=O)(=O)C(F)(F)F. The lowest BCUT2D eigenvalue weighted by molar-refractivity contribution is -0.0543. The second kappa shape index (κ2) is 6.89. The van der Waals surface area contributed by atoms with Gasteiger partial charge in [0.1, 0.15) is 0 Å². The number of carbonyl (C=O) groups excluding carboxylic acids is 2. The Morgan fingerprint density at radius 3 is 2.00 bits per heavy atom. The molecule has 6 nitrogen and oxygen atoms in total. The summed E-state index contributed by atoms with van der Waals surface area (Å²) in [7, 11) is -5.57. The number of fused-ring (bicyclic) bond motifs is 1. The third-order valence-electron chi connectivity index (χ3n) is 3.43. The number of carbonyl (C=O) groups is 2. The van der Waals surface area contributed by atoms with E-state index in [9.17, 15) is 31.2 Å². The highest BCUT2D eigenvalue weighted by atomic mass is 32.2. The summed E-state index contributed by atoms with van der Waals surface area (Å²) in [5, 5.41) is 0. The molecule has 1 aliphatic heterocycles. The maximum absolute atomic E-state index is 12.0. The second-order valence-corrected chi connectivity index (χ2v) is 6.70. The summed E-state index contributed by atoms with van der Waals surface area (Å²) in [6, 6.07) is 6.38. The lowest BCUT2D eigenvalue weighted by atomic mass is 10.1. The summed E-state index contributed by atoms with van der Waals surface area (Å²) in [5.41, 5.74) is -4.79. The molecule has 10 heteroatoms. The van der Waals surface area contributed by atoms with Crippen LogP contribution in [0.1, 0.15) is 40.0 Å². The molecule has 0 unspecified atom stereocenters. The number of imide groups is 1. The van der Waals surface area contributed by atoms with Crippen LogP contribution >= 0.6 is 0 Å². The van der Waals surface area contributed by atoms with Gasteiger partial charge in [0.05, 0.1) is 17.7 Å². The van der Waals surface area contributed by atoms with Crippen molar-refractivity contribution in [3.05, 3.63) is 35.4 Å². The molecule has 0 saturated heterocycles. The number of unbranched alkanes of at least 4 members (excludes halogenated alkanes) is 2. The normalized spacial score (nSPS) is 15.0.